The van der Waals surface area contributed by atoms with Gasteiger partial charge in [-0.25, -0.2) is 9.97 Å². The average Bonchev–Trinajstić information content (AvgIpc) is 2.74. The van der Waals surface area contributed by atoms with Crippen LogP contribution in [0.1, 0.15) is 11.3 Å². The number of rotatable bonds is 4. The Morgan fingerprint density at radius 3 is 2.71 bits per heavy atom. The second-order valence-corrected chi connectivity index (χ2v) is 6.68. The Balaban J connectivity index is 1.47. The molecule has 1 fully saturated rings. The fraction of sp³-hybridized carbons (Fsp3) is 0.300. The molecule has 0 amide bonds. The molecule has 1 N–H and O–H groups in total. The van der Waals surface area contributed by atoms with Gasteiger partial charge in [-0.05, 0) is 23.6 Å². The monoisotopic (exact) mass is 376 g/mol. The molecule has 0 bridgehead atoms. The van der Waals surface area contributed by atoms with Gasteiger partial charge in [-0.1, -0.05) is 0 Å². The van der Waals surface area contributed by atoms with E-state index >= 15 is 0 Å². The highest BCUT2D eigenvalue weighted by atomic mass is 16.5. The van der Waals surface area contributed by atoms with Gasteiger partial charge in [0, 0.05) is 56.7 Å². The molecule has 0 saturated carbocycles. The average molecular weight is 376 g/mol. The number of nitriles is 1. The zero-order valence-electron chi connectivity index (χ0n) is 15.6. The van der Waals surface area contributed by atoms with Crippen molar-refractivity contribution in [1.29, 1.82) is 5.26 Å². The molecule has 1 aliphatic rings. The lowest BCUT2D eigenvalue weighted by Gasteiger charge is -2.35. The molecule has 0 spiro atoms. The van der Waals surface area contributed by atoms with Crippen molar-refractivity contribution in [3.63, 3.8) is 0 Å². The summed E-state index contributed by atoms with van der Waals surface area (Å²) in [7, 11) is 1.61. The summed E-state index contributed by atoms with van der Waals surface area (Å²) in [6, 6.07) is 9.69. The van der Waals surface area contributed by atoms with Crippen LogP contribution in [0, 0.1) is 11.3 Å². The lowest BCUT2D eigenvalue weighted by Crippen LogP contribution is -2.47. The normalized spacial score (nSPS) is 14.8. The van der Waals surface area contributed by atoms with Crippen LogP contribution in [-0.2, 0) is 6.54 Å². The predicted octanol–water partition coefficient (Wildman–Crippen LogP) is 1.52. The molecule has 3 aromatic rings. The van der Waals surface area contributed by atoms with E-state index in [1.54, 1.807) is 13.3 Å². The van der Waals surface area contributed by atoms with Gasteiger partial charge in [0.15, 0.2) is 11.5 Å². The number of fused-ring (bicyclic) bond motifs is 1. The summed E-state index contributed by atoms with van der Waals surface area (Å²) in [5.74, 6) is 1.34. The Hall–Kier alpha value is -3.44. The highest BCUT2D eigenvalue weighted by molar-refractivity contribution is 5.80. The SMILES string of the molecule is COc1ccc2cc(CN3CCN(c4nccnc4C#N)CC3)c(=O)[nH]c2c1. The van der Waals surface area contributed by atoms with Crippen molar-refractivity contribution in [2.45, 2.75) is 6.54 Å². The third-order valence-corrected chi connectivity index (χ3v) is 4.98. The van der Waals surface area contributed by atoms with Gasteiger partial charge < -0.3 is 14.6 Å². The number of aromatic nitrogens is 3. The molecule has 0 radical (unpaired) electrons. The van der Waals surface area contributed by atoms with Crippen molar-refractivity contribution in [2.75, 3.05) is 38.2 Å². The van der Waals surface area contributed by atoms with Gasteiger partial charge in [-0.15, -0.1) is 0 Å². The van der Waals surface area contributed by atoms with Gasteiger partial charge in [0.2, 0.25) is 0 Å². The summed E-state index contributed by atoms with van der Waals surface area (Å²) in [5.41, 5.74) is 1.77. The standard InChI is InChI=1S/C20H20N6O2/c1-28-16-3-2-14-10-15(20(27)24-17(14)11-16)13-25-6-8-26(9-7-25)19-18(12-21)22-4-5-23-19/h2-5,10-11H,6-9,13H2,1H3,(H,24,27). The topological polar surface area (TPSA) is 98.1 Å². The first-order chi connectivity index (χ1) is 13.7. The largest absolute Gasteiger partial charge is 0.497 e. The van der Waals surface area contributed by atoms with E-state index in [9.17, 15) is 10.1 Å². The number of piperazine rings is 1. The van der Waals surface area contributed by atoms with Crippen LogP contribution in [0.25, 0.3) is 10.9 Å². The lowest BCUT2D eigenvalue weighted by atomic mass is 10.1. The van der Waals surface area contributed by atoms with Gasteiger partial charge in [-0.2, -0.15) is 5.26 Å². The molecule has 3 heterocycles. The number of hydrogen-bond acceptors (Lipinski definition) is 7. The number of nitrogens with one attached hydrogen (secondary N) is 1. The van der Waals surface area contributed by atoms with E-state index in [1.165, 1.54) is 6.20 Å². The fourth-order valence-corrected chi connectivity index (χ4v) is 3.47. The van der Waals surface area contributed by atoms with Crippen molar-refractivity contribution in [2.24, 2.45) is 0 Å². The molecule has 1 aliphatic heterocycles. The Labute approximate surface area is 162 Å². The molecule has 4 rings (SSSR count). The van der Waals surface area contributed by atoms with Gasteiger partial charge in [0.05, 0.1) is 12.6 Å². The highest BCUT2D eigenvalue weighted by Crippen LogP contribution is 2.20. The van der Waals surface area contributed by atoms with E-state index in [0.29, 0.717) is 23.8 Å². The third kappa shape index (κ3) is 3.52. The van der Waals surface area contributed by atoms with E-state index in [-0.39, 0.29) is 5.56 Å². The lowest BCUT2D eigenvalue weighted by molar-refractivity contribution is 0.248. The first kappa shape index (κ1) is 17.9. The molecular formula is C20H20N6O2. The van der Waals surface area contributed by atoms with E-state index in [0.717, 1.165) is 42.6 Å². The molecule has 1 saturated heterocycles. The molecule has 2 aromatic heterocycles. The zero-order valence-corrected chi connectivity index (χ0v) is 15.6. The third-order valence-electron chi connectivity index (χ3n) is 4.98. The molecule has 1 aromatic carbocycles. The number of aromatic amines is 1. The quantitative estimate of drug-likeness (QED) is 0.737. The summed E-state index contributed by atoms with van der Waals surface area (Å²) in [5, 5.41) is 10.2. The molecule has 0 unspecified atom stereocenters. The van der Waals surface area contributed by atoms with Crippen molar-refractivity contribution in [3.8, 4) is 11.8 Å². The van der Waals surface area contributed by atoms with Crippen LogP contribution < -0.4 is 15.2 Å². The van der Waals surface area contributed by atoms with E-state index in [2.05, 4.69) is 30.8 Å². The first-order valence-corrected chi connectivity index (χ1v) is 9.06. The van der Waals surface area contributed by atoms with Gasteiger partial charge in [0.25, 0.3) is 5.56 Å². The van der Waals surface area contributed by atoms with Crippen LogP contribution in [0.15, 0.2) is 41.5 Å². The van der Waals surface area contributed by atoms with Crippen LogP contribution in [-0.4, -0.2) is 53.1 Å². The smallest absolute Gasteiger partial charge is 0.252 e. The van der Waals surface area contributed by atoms with Crippen LogP contribution in [0.4, 0.5) is 5.82 Å². The van der Waals surface area contributed by atoms with Crippen molar-refractivity contribution >= 4 is 16.7 Å². The molecule has 8 heteroatoms. The predicted molar refractivity (Wildman–Crippen MR) is 105 cm³/mol. The molecular weight excluding hydrogens is 356 g/mol. The summed E-state index contributed by atoms with van der Waals surface area (Å²) in [6.07, 6.45) is 3.13. The Morgan fingerprint density at radius 1 is 1.18 bits per heavy atom. The Bertz CT molecular complexity index is 1100. The summed E-state index contributed by atoms with van der Waals surface area (Å²) < 4.78 is 5.21. The maximum absolute atomic E-state index is 12.5. The van der Waals surface area contributed by atoms with Gasteiger partial charge in [-0.3, -0.25) is 9.69 Å². The molecule has 0 atom stereocenters. The minimum Gasteiger partial charge on any atom is -0.497 e. The van der Waals surface area contributed by atoms with Crippen molar-refractivity contribution in [3.05, 3.63) is 58.3 Å². The summed E-state index contributed by atoms with van der Waals surface area (Å²) >= 11 is 0. The highest BCUT2D eigenvalue weighted by Gasteiger charge is 2.21. The second kappa shape index (κ2) is 7.66. The molecule has 8 nitrogen and oxygen atoms in total. The molecule has 142 valence electrons. The number of nitrogens with zero attached hydrogens (tertiary/aromatic N) is 5. The molecule has 0 aliphatic carbocycles. The van der Waals surface area contributed by atoms with E-state index < -0.39 is 0 Å². The molecule has 28 heavy (non-hydrogen) atoms. The number of hydrogen-bond donors (Lipinski definition) is 1. The summed E-state index contributed by atoms with van der Waals surface area (Å²) in [6.45, 7) is 3.60. The number of pyridine rings is 1. The number of H-pyrrole nitrogens is 1. The second-order valence-electron chi connectivity index (χ2n) is 6.68. The first-order valence-electron chi connectivity index (χ1n) is 9.06. The van der Waals surface area contributed by atoms with E-state index in [4.69, 9.17) is 4.74 Å². The fourth-order valence-electron chi connectivity index (χ4n) is 3.47. The van der Waals surface area contributed by atoms with Crippen LogP contribution in [0.2, 0.25) is 0 Å². The Kier molecular flexibility index (Phi) is 4.91. The van der Waals surface area contributed by atoms with Crippen molar-refractivity contribution < 1.29 is 4.74 Å². The van der Waals surface area contributed by atoms with Crippen LogP contribution in [0.3, 0.4) is 0 Å². The van der Waals surface area contributed by atoms with E-state index in [1.807, 2.05) is 24.3 Å². The Morgan fingerprint density at radius 2 is 1.96 bits per heavy atom. The van der Waals surface area contributed by atoms with Gasteiger partial charge >= 0.3 is 0 Å². The summed E-state index contributed by atoms with van der Waals surface area (Å²) in [4.78, 5) is 28.1. The zero-order chi connectivity index (χ0) is 19.5. The van der Waals surface area contributed by atoms with Crippen LogP contribution in [0.5, 0.6) is 5.75 Å². The maximum atomic E-state index is 12.5. The van der Waals surface area contributed by atoms with Gasteiger partial charge in [0.1, 0.15) is 11.8 Å². The maximum Gasteiger partial charge on any atom is 0.252 e. The van der Waals surface area contributed by atoms with Crippen molar-refractivity contribution in [1.82, 2.24) is 19.9 Å². The minimum absolute atomic E-state index is 0.0797. The number of methoxy groups -OCH3 is 1. The number of ether oxygens (including phenoxy) is 1. The minimum atomic E-state index is -0.0797. The number of anilines is 1. The van der Waals surface area contributed by atoms with Crippen LogP contribution >= 0.6 is 0 Å². The number of benzene rings is 1.